The van der Waals surface area contributed by atoms with E-state index in [1.165, 1.54) is 0 Å². The van der Waals surface area contributed by atoms with Crippen molar-refractivity contribution in [3.63, 3.8) is 0 Å². The molecule has 1 N–H and O–H groups in total. The molecule has 2 heterocycles. The van der Waals surface area contributed by atoms with Crippen molar-refractivity contribution < 1.29 is 4.74 Å². The minimum Gasteiger partial charge on any atom is -0.494 e. The van der Waals surface area contributed by atoms with E-state index in [2.05, 4.69) is 35.7 Å². The van der Waals surface area contributed by atoms with Crippen LogP contribution in [0.15, 0.2) is 18.3 Å². The molecule has 2 aromatic heterocycles. The average molecular weight is 289 g/mol. The normalized spacial score (nSPS) is 11.4. The first-order valence-corrected chi connectivity index (χ1v) is 6.86. The molecule has 2 aromatic rings. The number of H-pyrrole nitrogens is 1. The third-order valence-electron chi connectivity index (χ3n) is 3.09. The molecule has 0 saturated carbocycles. The Labute approximate surface area is 124 Å². The van der Waals surface area contributed by atoms with Crippen LogP contribution in [0.4, 0.5) is 0 Å². The maximum atomic E-state index is 5.38. The molecule has 0 amide bonds. The summed E-state index contributed by atoms with van der Waals surface area (Å²) in [6.07, 6.45) is 1.74. The van der Waals surface area contributed by atoms with Crippen LogP contribution in [0.25, 0.3) is 11.4 Å². The number of aromatic amines is 1. The van der Waals surface area contributed by atoms with Gasteiger partial charge in [0, 0.05) is 17.2 Å². The van der Waals surface area contributed by atoms with Crippen LogP contribution >= 0.6 is 12.2 Å². The van der Waals surface area contributed by atoms with Crippen molar-refractivity contribution in [1.29, 1.82) is 0 Å². The zero-order valence-electron chi connectivity index (χ0n) is 12.4. The highest BCUT2D eigenvalue weighted by Crippen LogP contribution is 2.30. The highest BCUT2D eigenvalue weighted by molar-refractivity contribution is 7.71. The predicted octanol–water partition coefficient (Wildman–Crippen LogP) is 3.82. The van der Waals surface area contributed by atoms with Gasteiger partial charge >= 0.3 is 0 Å². The quantitative estimate of drug-likeness (QED) is 0.854. The minimum atomic E-state index is -0.113. The number of rotatable bonds is 2. The Morgan fingerprint density at radius 3 is 2.60 bits per heavy atom. The summed E-state index contributed by atoms with van der Waals surface area (Å²) in [6, 6.07) is 3.73. The van der Waals surface area contributed by atoms with Crippen LogP contribution in [0.3, 0.4) is 0 Å². The summed E-state index contributed by atoms with van der Waals surface area (Å²) in [7, 11) is 1.64. The largest absolute Gasteiger partial charge is 0.494 e. The number of nitrogens with zero attached hydrogens (tertiary/aromatic N) is 2. The van der Waals surface area contributed by atoms with E-state index >= 15 is 0 Å². The Morgan fingerprint density at radius 1 is 1.30 bits per heavy atom. The first-order chi connectivity index (χ1) is 9.34. The molecule has 2 rings (SSSR count). The van der Waals surface area contributed by atoms with E-state index in [9.17, 15) is 0 Å². The minimum absolute atomic E-state index is 0.113. The Balaban J connectivity index is 2.74. The predicted molar refractivity (Wildman–Crippen MR) is 82.6 cm³/mol. The summed E-state index contributed by atoms with van der Waals surface area (Å²) < 4.78 is 5.98. The summed E-state index contributed by atoms with van der Waals surface area (Å²) in [4.78, 5) is 12.3. The van der Waals surface area contributed by atoms with Crippen molar-refractivity contribution in [1.82, 2.24) is 15.0 Å². The first kappa shape index (κ1) is 14.7. The second-order valence-corrected chi connectivity index (χ2v) is 6.08. The topological polar surface area (TPSA) is 50.8 Å². The third-order valence-corrected chi connectivity index (χ3v) is 3.49. The molecule has 0 radical (unpaired) electrons. The van der Waals surface area contributed by atoms with Gasteiger partial charge in [0.25, 0.3) is 0 Å². The molecule has 0 fully saturated rings. The monoisotopic (exact) mass is 289 g/mol. The summed E-state index contributed by atoms with van der Waals surface area (Å²) in [5.74, 6) is 1.56. The number of methoxy groups -OCH3 is 1. The lowest BCUT2D eigenvalue weighted by atomic mass is 9.95. The van der Waals surface area contributed by atoms with Crippen molar-refractivity contribution in [2.75, 3.05) is 7.11 Å². The number of nitrogens with one attached hydrogen (secondary N) is 1. The Morgan fingerprint density at radius 2 is 2.00 bits per heavy atom. The molecule has 0 aromatic carbocycles. The summed E-state index contributed by atoms with van der Waals surface area (Å²) >= 11 is 5.38. The number of hydrogen-bond donors (Lipinski definition) is 1. The fourth-order valence-corrected chi connectivity index (χ4v) is 2.06. The molecular weight excluding hydrogens is 270 g/mol. The van der Waals surface area contributed by atoms with Gasteiger partial charge in [-0.25, -0.2) is 4.98 Å². The number of aromatic nitrogens is 3. The highest BCUT2D eigenvalue weighted by atomic mass is 32.1. The Bertz CT molecular complexity index is 686. The molecule has 5 heteroatoms. The third kappa shape index (κ3) is 2.72. The molecule has 0 atom stereocenters. The van der Waals surface area contributed by atoms with Crippen molar-refractivity contribution in [2.24, 2.45) is 0 Å². The average Bonchev–Trinajstić information content (AvgIpc) is 2.40. The van der Waals surface area contributed by atoms with Gasteiger partial charge in [-0.3, -0.25) is 4.98 Å². The fourth-order valence-electron chi connectivity index (χ4n) is 1.87. The molecule has 0 bridgehead atoms. The molecular formula is C15H19N3OS. The van der Waals surface area contributed by atoms with Crippen molar-refractivity contribution in [3.8, 4) is 17.1 Å². The molecule has 0 spiro atoms. The van der Waals surface area contributed by atoms with Crippen LogP contribution in [-0.4, -0.2) is 22.1 Å². The van der Waals surface area contributed by atoms with Crippen LogP contribution in [0.1, 0.15) is 32.2 Å². The van der Waals surface area contributed by atoms with E-state index in [1.54, 1.807) is 13.3 Å². The van der Waals surface area contributed by atoms with Crippen molar-refractivity contribution in [2.45, 2.75) is 33.1 Å². The van der Waals surface area contributed by atoms with Gasteiger partial charge in [0.15, 0.2) is 0 Å². The number of pyridine rings is 1. The molecule has 0 aliphatic carbocycles. The summed E-state index contributed by atoms with van der Waals surface area (Å²) in [6.45, 7) is 8.22. The molecule has 0 aliphatic heterocycles. The Kier molecular flexibility index (Phi) is 3.90. The van der Waals surface area contributed by atoms with Gasteiger partial charge in [-0.2, -0.15) is 0 Å². The highest BCUT2D eigenvalue weighted by Gasteiger charge is 2.20. The van der Waals surface area contributed by atoms with Crippen LogP contribution < -0.4 is 4.74 Å². The van der Waals surface area contributed by atoms with Gasteiger partial charge in [0.05, 0.1) is 12.8 Å². The first-order valence-electron chi connectivity index (χ1n) is 6.45. The zero-order chi connectivity index (χ0) is 14.9. The zero-order valence-corrected chi connectivity index (χ0v) is 13.3. The number of hydrogen-bond acceptors (Lipinski definition) is 4. The number of ether oxygens (including phenoxy) is 1. The second kappa shape index (κ2) is 5.32. The molecule has 4 nitrogen and oxygen atoms in total. The molecule has 0 unspecified atom stereocenters. The summed E-state index contributed by atoms with van der Waals surface area (Å²) in [5, 5.41) is 0. The lowest BCUT2D eigenvalue weighted by molar-refractivity contribution is 0.414. The molecule has 0 saturated heterocycles. The van der Waals surface area contributed by atoms with Gasteiger partial charge in [0.1, 0.15) is 21.9 Å². The van der Waals surface area contributed by atoms with Gasteiger partial charge < -0.3 is 9.72 Å². The van der Waals surface area contributed by atoms with Crippen LogP contribution in [-0.2, 0) is 5.41 Å². The van der Waals surface area contributed by atoms with Gasteiger partial charge in [-0.05, 0) is 19.1 Å². The smallest absolute Gasteiger partial charge is 0.146 e. The summed E-state index contributed by atoms with van der Waals surface area (Å²) in [5.41, 5.74) is 2.42. The van der Waals surface area contributed by atoms with E-state index in [1.807, 2.05) is 19.1 Å². The van der Waals surface area contributed by atoms with Gasteiger partial charge in [-0.1, -0.05) is 33.0 Å². The van der Waals surface area contributed by atoms with Crippen LogP contribution in [0, 0.1) is 11.6 Å². The van der Waals surface area contributed by atoms with Crippen LogP contribution in [0.5, 0.6) is 5.75 Å². The van der Waals surface area contributed by atoms with E-state index in [-0.39, 0.29) is 5.41 Å². The fraction of sp³-hybridized carbons (Fsp3) is 0.400. The van der Waals surface area contributed by atoms with E-state index in [4.69, 9.17) is 17.0 Å². The molecule has 20 heavy (non-hydrogen) atoms. The maximum absolute atomic E-state index is 5.38. The van der Waals surface area contributed by atoms with Crippen molar-refractivity contribution >= 4 is 12.2 Å². The van der Waals surface area contributed by atoms with Crippen LogP contribution in [0.2, 0.25) is 0 Å². The second-order valence-electron chi connectivity index (χ2n) is 5.69. The Hall–Kier alpha value is -1.75. The van der Waals surface area contributed by atoms with E-state index < -0.39 is 0 Å². The lowest BCUT2D eigenvalue weighted by Gasteiger charge is -2.20. The van der Waals surface area contributed by atoms with Gasteiger partial charge in [0.2, 0.25) is 0 Å². The van der Waals surface area contributed by atoms with E-state index in [0.29, 0.717) is 10.4 Å². The maximum Gasteiger partial charge on any atom is 0.146 e. The van der Waals surface area contributed by atoms with Crippen molar-refractivity contribution in [3.05, 3.63) is 34.4 Å². The lowest BCUT2D eigenvalue weighted by Crippen LogP contribution is -2.17. The SMILES string of the molecule is COc1cccnc1-c1[nH]c(C(C)(C)C)nc(=S)c1C. The van der Waals surface area contributed by atoms with Gasteiger partial charge in [-0.15, -0.1) is 0 Å². The molecule has 0 aliphatic rings. The van der Waals surface area contributed by atoms with E-state index in [0.717, 1.165) is 22.8 Å². The molecule has 106 valence electrons. The standard InChI is InChI=1S/C15H19N3OS/c1-9-11(12-10(19-5)7-6-8-16-12)17-14(15(2,3)4)18-13(9)20/h6-8H,1-5H3,(H,17,18,20).